The second-order valence-corrected chi connectivity index (χ2v) is 6.38. The lowest BCUT2D eigenvalue weighted by Crippen LogP contribution is -2.24. The number of aliphatic hydroxyl groups is 2. The Morgan fingerprint density at radius 2 is 1.55 bits per heavy atom. The summed E-state index contributed by atoms with van der Waals surface area (Å²) in [7, 11) is 1.36. The van der Waals surface area contributed by atoms with Gasteiger partial charge in [0, 0.05) is 17.7 Å². The Labute approximate surface area is 179 Å². The number of aliphatic hydroxyl groups excluding tert-OH is 2. The Morgan fingerprint density at radius 1 is 0.968 bits per heavy atom. The van der Waals surface area contributed by atoms with Gasteiger partial charge in [0.2, 0.25) is 0 Å². The number of aromatic hydroxyl groups is 1. The first-order chi connectivity index (χ1) is 14.9. The number of benzene rings is 2. The van der Waals surface area contributed by atoms with E-state index in [0.29, 0.717) is 5.56 Å². The first-order valence-corrected chi connectivity index (χ1v) is 9.36. The van der Waals surface area contributed by atoms with Gasteiger partial charge in [0.1, 0.15) is 19.3 Å². The van der Waals surface area contributed by atoms with E-state index in [1.54, 1.807) is 6.08 Å². The fraction of sp³-hybridized carbons (Fsp3) is 0.217. The summed E-state index contributed by atoms with van der Waals surface area (Å²) in [6.45, 7) is -1.09. The van der Waals surface area contributed by atoms with Gasteiger partial charge < -0.3 is 29.5 Å². The standard InChI is InChI=1S/C23H24O8/c1-29-20-12-17(11-18(13-24)23(20)28)8-10-22(27)31-15-19(25)14-30-21(26)9-7-16-5-3-2-4-6-16/h2-12,19,24-25,28H,13-15H2,1H3. The summed E-state index contributed by atoms with van der Waals surface area (Å²) in [5.41, 5.74) is 1.57. The summed E-state index contributed by atoms with van der Waals surface area (Å²) in [6.07, 6.45) is 4.17. The monoisotopic (exact) mass is 428 g/mol. The van der Waals surface area contributed by atoms with Gasteiger partial charge >= 0.3 is 11.9 Å². The Kier molecular flexibility index (Phi) is 9.28. The molecule has 0 radical (unpaired) electrons. The molecule has 0 saturated carbocycles. The Bertz CT molecular complexity index is 909. The molecule has 0 fully saturated rings. The van der Waals surface area contributed by atoms with Gasteiger partial charge in [0.15, 0.2) is 11.5 Å². The summed E-state index contributed by atoms with van der Waals surface area (Å²) >= 11 is 0. The van der Waals surface area contributed by atoms with Crippen LogP contribution in [0.2, 0.25) is 0 Å². The van der Waals surface area contributed by atoms with E-state index in [2.05, 4.69) is 0 Å². The number of esters is 2. The molecule has 0 aromatic heterocycles. The van der Waals surface area contributed by atoms with Crippen LogP contribution in [0.25, 0.3) is 12.2 Å². The molecule has 31 heavy (non-hydrogen) atoms. The van der Waals surface area contributed by atoms with Gasteiger partial charge in [-0.05, 0) is 35.4 Å². The molecule has 2 rings (SSSR count). The van der Waals surface area contributed by atoms with Crippen LogP contribution in [0.1, 0.15) is 16.7 Å². The summed E-state index contributed by atoms with van der Waals surface area (Å²) < 4.78 is 14.8. The normalized spacial score (nSPS) is 12.1. The maximum absolute atomic E-state index is 11.8. The number of phenols is 1. The van der Waals surface area contributed by atoms with E-state index in [4.69, 9.17) is 14.2 Å². The van der Waals surface area contributed by atoms with Crippen molar-refractivity contribution in [1.82, 2.24) is 0 Å². The molecule has 164 valence electrons. The molecule has 0 heterocycles. The topological polar surface area (TPSA) is 123 Å². The summed E-state index contributed by atoms with van der Waals surface area (Å²) in [5, 5.41) is 28.9. The molecule has 8 nitrogen and oxygen atoms in total. The summed E-state index contributed by atoms with van der Waals surface area (Å²) in [4.78, 5) is 23.5. The Hall–Kier alpha value is -3.62. The molecule has 1 unspecified atom stereocenters. The van der Waals surface area contributed by atoms with Gasteiger partial charge in [0.25, 0.3) is 0 Å². The van der Waals surface area contributed by atoms with Crippen molar-refractivity contribution in [3.05, 3.63) is 71.3 Å². The van der Waals surface area contributed by atoms with E-state index in [-0.39, 0.29) is 30.3 Å². The summed E-state index contributed by atoms with van der Waals surface area (Å²) in [6, 6.07) is 12.1. The lowest BCUT2D eigenvalue weighted by molar-refractivity contribution is -0.146. The van der Waals surface area contributed by atoms with E-state index in [9.17, 15) is 24.9 Å². The Balaban J connectivity index is 1.78. The van der Waals surface area contributed by atoms with Crippen LogP contribution in [0.15, 0.2) is 54.6 Å². The third-order valence-corrected chi connectivity index (χ3v) is 4.03. The highest BCUT2D eigenvalue weighted by Crippen LogP contribution is 2.31. The molecule has 0 bridgehead atoms. The van der Waals surface area contributed by atoms with Crippen molar-refractivity contribution in [3.8, 4) is 11.5 Å². The van der Waals surface area contributed by atoms with Gasteiger partial charge in [-0.25, -0.2) is 9.59 Å². The second kappa shape index (κ2) is 12.2. The predicted octanol–water partition coefficient (Wildman–Crippen LogP) is 2.07. The first-order valence-electron chi connectivity index (χ1n) is 9.36. The van der Waals surface area contributed by atoms with Crippen LogP contribution in [-0.2, 0) is 25.7 Å². The van der Waals surface area contributed by atoms with Crippen LogP contribution in [0, 0.1) is 0 Å². The highest BCUT2D eigenvalue weighted by Gasteiger charge is 2.11. The molecule has 0 aliphatic rings. The van der Waals surface area contributed by atoms with Crippen LogP contribution in [0.5, 0.6) is 11.5 Å². The van der Waals surface area contributed by atoms with Crippen molar-refractivity contribution < 1.29 is 39.1 Å². The molecule has 3 N–H and O–H groups in total. The average Bonchev–Trinajstić information content (AvgIpc) is 2.79. The first kappa shape index (κ1) is 23.7. The number of carbonyl (C=O) groups excluding carboxylic acids is 2. The van der Waals surface area contributed by atoms with Crippen LogP contribution in [-0.4, -0.2) is 53.7 Å². The zero-order chi connectivity index (χ0) is 22.6. The van der Waals surface area contributed by atoms with Crippen molar-refractivity contribution in [3.63, 3.8) is 0 Å². The zero-order valence-corrected chi connectivity index (χ0v) is 16.9. The van der Waals surface area contributed by atoms with E-state index < -0.39 is 24.6 Å². The number of carbonyl (C=O) groups is 2. The maximum atomic E-state index is 11.8. The van der Waals surface area contributed by atoms with E-state index in [1.165, 1.54) is 31.4 Å². The molecule has 0 saturated heterocycles. The highest BCUT2D eigenvalue weighted by atomic mass is 16.6. The van der Waals surface area contributed by atoms with E-state index in [0.717, 1.165) is 11.6 Å². The largest absolute Gasteiger partial charge is 0.504 e. The molecule has 0 spiro atoms. The average molecular weight is 428 g/mol. The smallest absolute Gasteiger partial charge is 0.330 e. The fourth-order valence-electron chi connectivity index (χ4n) is 2.46. The molecular weight excluding hydrogens is 404 g/mol. The van der Waals surface area contributed by atoms with Crippen molar-refractivity contribution >= 4 is 24.1 Å². The van der Waals surface area contributed by atoms with Crippen LogP contribution in [0.4, 0.5) is 0 Å². The molecule has 1 atom stereocenters. The second-order valence-electron chi connectivity index (χ2n) is 6.38. The summed E-state index contributed by atoms with van der Waals surface area (Å²) in [5.74, 6) is -1.39. The quantitative estimate of drug-likeness (QED) is 0.388. The minimum absolute atomic E-state index is 0.151. The number of methoxy groups -OCH3 is 1. The fourth-order valence-corrected chi connectivity index (χ4v) is 2.46. The van der Waals surface area contributed by atoms with Gasteiger partial charge in [-0.1, -0.05) is 30.3 Å². The van der Waals surface area contributed by atoms with Gasteiger partial charge in [0.05, 0.1) is 13.7 Å². The number of rotatable bonds is 10. The third-order valence-electron chi connectivity index (χ3n) is 4.03. The molecule has 2 aromatic rings. The van der Waals surface area contributed by atoms with Gasteiger partial charge in [-0.2, -0.15) is 0 Å². The molecule has 0 amide bonds. The SMILES string of the molecule is COc1cc(C=CC(=O)OCC(O)COC(=O)C=Cc2ccccc2)cc(CO)c1O. The molecule has 8 heteroatoms. The lowest BCUT2D eigenvalue weighted by atomic mass is 10.1. The zero-order valence-electron chi connectivity index (χ0n) is 16.9. The van der Waals surface area contributed by atoms with Crippen molar-refractivity contribution in [2.45, 2.75) is 12.7 Å². The number of hydrogen-bond donors (Lipinski definition) is 3. The molecule has 0 aliphatic heterocycles. The van der Waals surface area contributed by atoms with Gasteiger partial charge in [-0.3, -0.25) is 0 Å². The third kappa shape index (κ3) is 7.96. The van der Waals surface area contributed by atoms with Crippen LogP contribution < -0.4 is 4.74 Å². The predicted molar refractivity (Wildman–Crippen MR) is 113 cm³/mol. The number of hydrogen-bond acceptors (Lipinski definition) is 8. The molecule has 0 aliphatic carbocycles. The van der Waals surface area contributed by atoms with Crippen molar-refractivity contribution in [2.75, 3.05) is 20.3 Å². The maximum Gasteiger partial charge on any atom is 0.330 e. The minimum atomic E-state index is -1.18. The minimum Gasteiger partial charge on any atom is -0.504 e. The molecular formula is C23H24O8. The van der Waals surface area contributed by atoms with Crippen molar-refractivity contribution in [2.24, 2.45) is 0 Å². The van der Waals surface area contributed by atoms with Gasteiger partial charge in [-0.15, -0.1) is 0 Å². The number of ether oxygens (including phenoxy) is 3. The highest BCUT2D eigenvalue weighted by molar-refractivity contribution is 5.87. The lowest BCUT2D eigenvalue weighted by Gasteiger charge is -2.10. The van der Waals surface area contributed by atoms with Crippen LogP contribution >= 0.6 is 0 Å². The van der Waals surface area contributed by atoms with Crippen LogP contribution in [0.3, 0.4) is 0 Å². The van der Waals surface area contributed by atoms with Crippen molar-refractivity contribution in [1.29, 1.82) is 0 Å². The Morgan fingerprint density at radius 3 is 2.10 bits per heavy atom. The van der Waals surface area contributed by atoms with E-state index >= 15 is 0 Å². The molecule has 2 aromatic carbocycles. The van der Waals surface area contributed by atoms with E-state index in [1.807, 2.05) is 30.3 Å².